The molecule has 24 heavy (non-hydrogen) atoms. The number of carbonyl (C=O) groups is 2. The SMILES string of the molecule is CCOC(=O)c1ncccc1NC(=O)Cc1c(F)cc(F)cc1F. The Morgan fingerprint density at radius 3 is 2.50 bits per heavy atom. The Morgan fingerprint density at radius 2 is 1.88 bits per heavy atom. The zero-order valence-corrected chi connectivity index (χ0v) is 12.6. The molecule has 0 aliphatic rings. The lowest BCUT2D eigenvalue weighted by molar-refractivity contribution is -0.115. The Balaban J connectivity index is 2.18. The predicted molar refractivity (Wildman–Crippen MR) is 78.8 cm³/mol. The fourth-order valence-corrected chi connectivity index (χ4v) is 1.96. The number of benzene rings is 1. The second-order valence-electron chi connectivity index (χ2n) is 4.69. The standard InChI is InChI=1S/C16H13F3N2O3/c1-2-24-16(23)15-13(4-3-5-20-15)21-14(22)8-10-11(18)6-9(17)7-12(10)19/h3-7H,2,8H2,1H3,(H,21,22). The molecule has 0 aliphatic carbocycles. The van der Waals surface area contributed by atoms with Crippen molar-refractivity contribution in [3.8, 4) is 0 Å². The smallest absolute Gasteiger partial charge is 0.359 e. The molecule has 0 radical (unpaired) electrons. The number of nitrogens with zero attached hydrogens (tertiary/aromatic N) is 1. The highest BCUT2D eigenvalue weighted by Gasteiger charge is 2.19. The molecule has 0 atom stereocenters. The molecule has 0 bridgehead atoms. The average molecular weight is 338 g/mol. The molecule has 0 unspecified atom stereocenters. The van der Waals surface area contributed by atoms with Crippen LogP contribution in [-0.4, -0.2) is 23.5 Å². The summed E-state index contributed by atoms with van der Waals surface area (Å²) in [5.41, 5.74) is -0.660. The highest BCUT2D eigenvalue weighted by atomic mass is 19.1. The molecule has 5 nitrogen and oxygen atoms in total. The summed E-state index contributed by atoms with van der Waals surface area (Å²) in [6.45, 7) is 1.73. The Labute approximate surface area is 135 Å². The topological polar surface area (TPSA) is 68.3 Å². The molecular weight excluding hydrogens is 325 g/mol. The van der Waals surface area contributed by atoms with Crippen molar-refractivity contribution in [1.82, 2.24) is 4.98 Å². The molecule has 1 aromatic carbocycles. The lowest BCUT2D eigenvalue weighted by Crippen LogP contribution is -2.19. The van der Waals surface area contributed by atoms with Crippen LogP contribution in [0.4, 0.5) is 18.9 Å². The van der Waals surface area contributed by atoms with Crippen LogP contribution >= 0.6 is 0 Å². The maximum atomic E-state index is 13.6. The summed E-state index contributed by atoms with van der Waals surface area (Å²) in [4.78, 5) is 27.6. The number of halogens is 3. The quantitative estimate of drug-likeness (QED) is 0.851. The highest BCUT2D eigenvalue weighted by molar-refractivity contribution is 6.00. The van der Waals surface area contributed by atoms with Gasteiger partial charge in [-0.15, -0.1) is 0 Å². The van der Waals surface area contributed by atoms with E-state index in [1.165, 1.54) is 18.3 Å². The second-order valence-corrected chi connectivity index (χ2v) is 4.69. The van der Waals surface area contributed by atoms with Crippen LogP contribution in [0.1, 0.15) is 23.0 Å². The molecule has 2 aromatic rings. The van der Waals surface area contributed by atoms with Crippen LogP contribution < -0.4 is 5.32 Å². The first kappa shape index (κ1) is 17.5. The summed E-state index contributed by atoms with van der Waals surface area (Å²) < 4.78 is 44.8. The van der Waals surface area contributed by atoms with Gasteiger partial charge in [-0.2, -0.15) is 0 Å². The lowest BCUT2D eigenvalue weighted by atomic mass is 10.1. The van der Waals surface area contributed by atoms with Crippen molar-refractivity contribution in [2.45, 2.75) is 13.3 Å². The van der Waals surface area contributed by atoms with Crippen molar-refractivity contribution in [2.24, 2.45) is 0 Å². The molecule has 2 rings (SSSR count). The first-order valence-corrected chi connectivity index (χ1v) is 6.97. The second kappa shape index (κ2) is 7.58. The first-order chi connectivity index (χ1) is 11.4. The fraction of sp³-hybridized carbons (Fsp3) is 0.188. The van der Waals surface area contributed by atoms with Crippen molar-refractivity contribution in [1.29, 1.82) is 0 Å². The van der Waals surface area contributed by atoms with Crippen LogP contribution in [0.5, 0.6) is 0 Å². The number of hydrogen-bond donors (Lipinski definition) is 1. The van der Waals surface area contributed by atoms with Crippen LogP contribution in [-0.2, 0) is 16.0 Å². The van der Waals surface area contributed by atoms with Gasteiger partial charge in [-0.05, 0) is 19.1 Å². The maximum absolute atomic E-state index is 13.6. The number of amides is 1. The third-order valence-electron chi connectivity index (χ3n) is 2.99. The number of ether oxygens (including phenoxy) is 1. The van der Waals surface area contributed by atoms with E-state index in [9.17, 15) is 22.8 Å². The molecule has 0 saturated carbocycles. The van der Waals surface area contributed by atoms with Gasteiger partial charge >= 0.3 is 5.97 Å². The molecule has 1 amide bonds. The fourth-order valence-electron chi connectivity index (χ4n) is 1.96. The number of anilines is 1. The minimum atomic E-state index is -1.17. The van der Waals surface area contributed by atoms with Gasteiger partial charge in [0.25, 0.3) is 0 Å². The van der Waals surface area contributed by atoms with E-state index in [0.29, 0.717) is 12.1 Å². The van der Waals surface area contributed by atoms with Crippen molar-refractivity contribution in [2.75, 3.05) is 11.9 Å². The van der Waals surface area contributed by atoms with E-state index in [-0.39, 0.29) is 18.0 Å². The van der Waals surface area contributed by atoms with E-state index in [2.05, 4.69) is 10.3 Å². The Hall–Kier alpha value is -2.90. The van der Waals surface area contributed by atoms with Crippen LogP contribution in [0.3, 0.4) is 0 Å². The third-order valence-corrected chi connectivity index (χ3v) is 2.99. The van der Waals surface area contributed by atoms with Crippen LogP contribution in [0.15, 0.2) is 30.5 Å². The molecule has 1 N–H and O–H groups in total. The Morgan fingerprint density at radius 1 is 1.21 bits per heavy atom. The van der Waals surface area contributed by atoms with Gasteiger partial charge in [0.1, 0.15) is 17.5 Å². The van der Waals surface area contributed by atoms with Gasteiger partial charge in [0, 0.05) is 23.9 Å². The Bertz CT molecular complexity index is 758. The Kier molecular flexibility index (Phi) is 5.51. The molecule has 1 aromatic heterocycles. The number of nitrogens with one attached hydrogen (secondary N) is 1. The van der Waals surface area contributed by atoms with E-state index < -0.39 is 41.3 Å². The van der Waals surface area contributed by atoms with Crippen LogP contribution in [0, 0.1) is 17.5 Å². The summed E-state index contributed by atoms with van der Waals surface area (Å²) in [6.07, 6.45) is 0.663. The summed E-state index contributed by atoms with van der Waals surface area (Å²) >= 11 is 0. The third kappa shape index (κ3) is 4.09. The summed E-state index contributed by atoms with van der Waals surface area (Å²) in [5, 5.41) is 2.34. The maximum Gasteiger partial charge on any atom is 0.359 e. The number of pyridine rings is 1. The summed E-state index contributed by atoms with van der Waals surface area (Å²) in [6, 6.07) is 3.84. The van der Waals surface area contributed by atoms with Gasteiger partial charge in [-0.1, -0.05) is 0 Å². The van der Waals surface area contributed by atoms with Gasteiger partial charge in [-0.25, -0.2) is 22.9 Å². The van der Waals surface area contributed by atoms with Gasteiger partial charge < -0.3 is 10.1 Å². The molecule has 1 heterocycles. The van der Waals surface area contributed by atoms with Crippen LogP contribution in [0.25, 0.3) is 0 Å². The van der Waals surface area contributed by atoms with Crippen molar-refractivity contribution in [3.05, 3.63) is 59.2 Å². The molecule has 0 aliphatic heterocycles. The van der Waals surface area contributed by atoms with E-state index in [0.717, 1.165) is 0 Å². The van der Waals surface area contributed by atoms with Crippen molar-refractivity contribution in [3.63, 3.8) is 0 Å². The molecule has 8 heteroatoms. The van der Waals surface area contributed by atoms with E-state index in [1.54, 1.807) is 6.92 Å². The zero-order valence-electron chi connectivity index (χ0n) is 12.6. The van der Waals surface area contributed by atoms with Crippen LogP contribution in [0.2, 0.25) is 0 Å². The normalized spacial score (nSPS) is 10.3. The monoisotopic (exact) mass is 338 g/mol. The zero-order chi connectivity index (χ0) is 17.7. The lowest BCUT2D eigenvalue weighted by Gasteiger charge is -2.10. The van der Waals surface area contributed by atoms with Gasteiger partial charge in [0.15, 0.2) is 5.69 Å². The number of hydrogen-bond acceptors (Lipinski definition) is 4. The number of esters is 1. The minimum absolute atomic E-state index is 0.0453. The van der Waals surface area contributed by atoms with Crippen molar-refractivity contribution < 1.29 is 27.5 Å². The number of carbonyl (C=O) groups excluding carboxylic acids is 2. The van der Waals surface area contributed by atoms with E-state index in [4.69, 9.17) is 4.74 Å². The summed E-state index contributed by atoms with van der Waals surface area (Å²) in [7, 11) is 0. The van der Waals surface area contributed by atoms with Gasteiger partial charge in [0.2, 0.25) is 5.91 Å². The van der Waals surface area contributed by atoms with Crippen molar-refractivity contribution >= 4 is 17.6 Å². The van der Waals surface area contributed by atoms with Gasteiger partial charge in [-0.3, -0.25) is 4.79 Å². The first-order valence-electron chi connectivity index (χ1n) is 6.97. The largest absolute Gasteiger partial charge is 0.461 e. The highest BCUT2D eigenvalue weighted by Crippen LogP contribution is 2.18. The average Bonchev–Trinajstić information content (AvgIpc) is 2.51. The molecule has 0 fully saturated rings. The summed E-state index contributed by atoms with van der Waals surface area (Å²) in [5.74, 6) is -4.95. The van der Waals surface area contributed by atoms with E-state index >= 15 is 0 Å². The molecule has 126 valence electrons. The van der Waals surface area contributed by atoms with Gasteiger partial charge in [0.05, 0.1) is 18.7 Å². The number of aromatic nitrogens is 1. The predicted octanol–water partition coefficient (Wildman–Crippen LogP) is 2.86. The molecule has 0 saturated heterocycles. The number of rotatable bonds is 5. The molecule has 0 spiro atoms. The minimum Gasteiger partial charge on any atom is -0.461 e. The molecular formula is C16H13F3N2O3. The van der Waals surface area contributed by atoms with E-state index in [1.807, 2.05) is 0 Å².